The zero-order valence-corrected chi connectivity index (χ0v) is 16.9. The summed E-state index contributed by atoms with van der Waals surface area (Å²) in [6.45, 7) is 15.1. The molecule has 3 rings (SSSR count). The first-order valence-corrected chi connectivity index (χ1v) is 9.85. The summed E-state index contributed by atoms with van der Waals surface area (Å²) < 4.78 is 0. The molecule has 0 bridgehead atoms. The highest BCUT2D eigenvalue weighted by Crippen LogP contribution is 2.35. The molecule has 0 spiro atoms. The maximum atomic E-state index is 13.1. The first kappa shape index (κ1) is 18.8. The molecule has 1 amide bonds. The lowest BCUT2D eigenvalue weighted by molar-refractivity contribution is 0.0782. The number of nitrogens with zero attached hydrogens (tertiary/aromatic N) is 5. The second-order valence-corrected chi connectivity index (χ2v) is 8.00. The van der Waals surface area contributed by atoms with E-state index in [1.807, 2.05) is 25.7 Å². The van der Waals surface area contributed by atoms with Gasteiger partial charge in [0.05, 0.1) is 10.3 Å². The molecule has 0 aromatic carbocycles. The lowest BCUT2D eigenvalue weighted by Crippen LogP contribution is -2.44. The number of anilines is 1. The summed E-state index contributed by atoms with van der Waals surface area (Å²) in [5.74, 6) is 1.01. The van der Waals surface area contributed by atoms with Gasteiger partial charge in [0.15, 0.2) is 0 Å². The monoisotopic (exact) mass is 373 g/mol. The van der Waals surface area contributed by atoms with Crippen molar-refractivity contribution in [2.45, 2.75) is 20.8 Å². The average molecular weight is 374 g/mol. The van der Waals surface area contributed by atoms with E-state index < -0.39 is 0 Å². The highest BCUT2D eigenvalue weighted by Gasteiger charge is 2.25. The number of hydrogen-bond acceptors (Lipinski definition) is 6. The molecule has 0 saturated carbocycles. The highest BCUT2D eigenvalue weighted by molar-refractivity contribution is 7.20. The Morgan fingerprint density at radius 3 is 2.62 bits per heavy atom. The van der Waals surface area contributed by atoms with Gasteiger partial charge in [-0.15, -0.1) is 11.3 Å². The predicted molar refractivity (Wildman–Crippen MR) is 108 cm³/mol. The molecule has 2 aromatic rings. The number of piperazine rings is 1. The van der Waals surface area contributed by atoms with Gasteiger partial charge in [-0.05, 0) is 33.4 Å². The minimum absolute atomic E-state index is 0.0559. The van der Waals surface area contributed by atoms with Crippen molar-refractivity contribution in [2.75, 3.05) is 51.2 Å². The van der Waals surface area contributed by atoms with Gasteiger partial charge >= 0.3 is 0 Å². The normalized spacial score (nSPS) is 15.5. The van der Waals surface area contributed by atoms with Gasteiger partial charge in [0.2, 0.25) is 0 Å². The zero-order valence-electron chi connectivity index (χ0n) is 16.1. The number of aryl methyl sites for hydroxylation is 1. The molecule has 26 heavy (non-hydrogen) atoms. The van der Waals surface area contributed by atoms with Gasteiger partial charge < -0.3 is 14.7 Å². The van der Waals surface area contributed by atoms with Crippen LogP contribution in [0.15, 0.2) is 18.5 Å². The van der Waals surface area contributed by atoms with Gasteiger partial charge in [-0.25, -0.2) is 9.97 Å². The lowest BCUT2D eigenvalue weighted by Gasteiger charge is -2.33. The molecule has 1 aliphatic heterocycles. The molecular weight excluding hydrogens is 346 g/mol. The van der Waals surface area contributed by atoms with E-state index in [2.05, 4.69) is 33.4 Å². The third kappa shape index (κ3) is 3.59. The van der Waals surface area contributed by atoms with Crippen LogP contribution in [-0.2, 0) is 0 Å². The Balaban J connectivity index is 1.99. The van der Waals surface area contributed by atoms with Crippen molar-refractivity contribution in [2.24, 2.45) is 0 Å². The van der Waals surface area contributed by atoms with Crippen LogP contribution in [0.25, 0.3) is 10.2 Å². The SMILES string of the molecule is C=C(C)CN(CC)C(=O)c1sc2ncnc(N3CCN(C)CC3)c2c1C. The van der Waals surface area contributed by atoms with Crippen LogP contribution < -0.4 is 4.90 Å². The molecule has 0 radical (unpaired) electrons. The first-order chi connectivity index (χ1) is 12.4. The van der Waals surface area contributed by atoms with E-state index in [1.165, 1.54) is 11.3 Å². The Bertz CT molecular complexity index is 823. The standard InChI is InChI=1S/C19H27N5OS/c1-6-23(11-13(2)3)19(25)16-14(4)15-17(20-12-21-18(15)26-16)24-9-7-22(5)8-10-24/h12H,2,6-11H2,1,3-5H3. The second-order valence-electron chi connectivity index (χ2n) is 7.00. The van der Waals surface area contributed by atoms with Crippen molar-refractivity contribution < 1.29 is 4.79 Å². The third-order valence-corrected chi connectivity index (χ3v) is 6.02. The van der Waals surface area contributed by atoms with Crippen LogP contribution in [0.4, 0.5) is 5.82 Å². The third-order valence-electron chi connectivity index (χ3n) is 4.83. The molecule has 7 heteroatoms. The predicted octanol–water partition coefficient (Wildman–Crippen LogP) is 2.79. The molecule has 0 aliphatic carbocycles. The summed E-state index contributed by atoms with van der Waals surface area (Å²) in [6.07, 6.45) is 1.62. The Morgan fingerprint density at radius 2 is 2.00 bits per heavy atom. The number of carbonyl (C=O) groups excluding carboxylic acids is 1. The van der Waals surface area contributed by atoms with Crippen molar-refractivity contribution in [3.05, 3.63) is 28.9 Å². The molecule has 6 nitrogen and oxygen atoms in total. The van der Waals surface area contributed by atoms with Gasteiger partial charge in [0.25, 0.3) is 5.91 Å². The smallest absolute Gasteiger partial charge is 0.264 e. The maximum absolute atomic E-state index is 13.1. The number of amides is 1. The van der Waals surface area contributed by atoms with Gasteiger partial charge in [-0.3, -0.25) is 4.79 Å². The fourth-order valence-corrected chi connectivity index (χ4v) is 4.42. The van der Waals surface area contributed by atoms with Crippen LogP contribution in [-0.4, -0.2) is 72.0 Å². The molecule has 1 aliphatic rings. The van der Waals surface area contributed by atoms with E-state index in [0.717, 1.165) is 58.2 Å². The van der Waals surface area contributed by atoms with Crippen molar-refractivity contribution in [1.82, 2.24) is 19.8 Å². The molecule has 2 aromatic heterocycles. The van der Waals surface area contributed by atoms with E-state index in [-0.39, 0.29) is 5.91 Å². The van der Waals surface area contributed by atoms with E-state index in [9.17, 15) is 4.79 Å². The topological polar surface area (TPSA) is 52.6 Å². The number of thiophene rings is 1. The minimum Gasteiger partial charge on any atom is -0.353 e. The van der Waals surface area contributed by atoms with Crippen LogP contribution in [0.5, 0.6) is 0 Å². The summed E-state index contributed by atoms with van der Waals surface area (Å²) in [4.78, 5) is 30.2. The minimum atomic E-state index is 0.0559. The maximum Gasteiger partial charge on any atom is 0.264 e. The van der Waals surface area contributed by atoms with Crippen LogP contribution in [0.1, 0.15) is 29.1 Å². The zero-order chi connectivity index (χ0) is 18.8. The van der Waals surface area contributed by atoms with Crippen molar-refractivity contribution in [1.29, 1.82) is 0 Å². The number of carbonyl (C=O) groups is 1. The van der Waals surface area contributed by atoms with Crippen molar-refractivity contribution in [3.63, 3.8) is 0 Å². The molecule has 140 valence electrons. The number of fused-ring (bicyclic) bond motifs is 1. The largest absolute Gasteiger partial charge is 0.353 e. The Morgan fingerprint density at radius 1 is 1.31 bits per heavy atom. The Hall–Kier alpha value is -1.99. The Kier molecular flexibility index (Phi) is 5.58. The molecule has 0 unspecified atom stereocenters. The molecule has 1 fully saturated rings. The quantitative estimate of drug-likeness (QED) is 0.755. The molecule has 0 atom stereocenters. The summed E-state index contributed by atoms with van der Waals surface area (Å²) in [7, 11) is 2.14. The number of likely N-dealkylation sites (N-methyl/N-ethyl adjacent to an activating group) is 2. The fraction of sp³-hybridized carbons (Fsp3) is 0.526. The first-order valence-electron chi connectivity index (χ1n) is 9.03. The van der Waals surface area contributed by atoms with Gasteiger partial charge in [0, 0.05) is 39.3 Å². The molecular formula is C19H27N5OS. The van der Waals surface area contributed by atoms with Crippen LogP contribution in [0.2, 0.25) is 0 Å². The van der Waals surface area contributed by atoms with Crippen molar-refractivity contribution >= 4 is 33.3 Å². The van der Waals surface area contributed by atoms with E-state index in [1.54, 1.807) is 6.33 Å². The highest BCUT2D eigenvalue weighted by atomic mass is 32.1. The van der Waals surface area contributed by atoms with Crippen molar-refractivity contribution in [3.8, 4) is 0 Å². The van der Waals surface area contributed by atoms with Crippen LogP contribution in [0.3, 0.4) is 0 Å². The fourth-order valence-electron chi connectivity index (χ4n) is 3.31. The van der Waals surface area contributed by atoms with Crippen LogP contribution in [0, 0.1) is 6.92 Å². The summed E-state index contributed by atoms with van der Waals surface area (Å²) in [5, 5.41) is 1.02. The van der Waals surface area contributed by atoms with Crippen LogP contribution >= 0.6 is 11.3 Å². The van der Waals surface area contributed by atoms with E-state index in [4.69, 9.17) is 0 Å². The summed E-state index contributed by atoms with van der Waals surface area (Å²) >= 11 is 1.47. The van der Waals surface area contributed by atoms with Gasteiger partial charge in [-0.1, -0.05) is 12.2 Å². The average Bonchev–Trinajstić information content (AvgIpc) is 2.96. The molecule has 1 saturated heterocycles. The number of rotatable bonds is 5. The number of hydrogen-bond donors (Lipinski definition) is 0. The molecule has 3 heterocycles. The lowest BCUT2D eigenvalue weighted by atomic mass is 10.1. The van der Waals surface area contributed by atoms with Gasteiger partial charge in [0.1, 0.15) is 17.0 Å². The van der Waals surface area contributed by atoms with Gasteiger partial charge in [-0.2, -0.15) is 0 Å². The molecule has 0 N–H and O–H groups in total. The summed E-state index contributed by atoms with van der Waals surface area (Å²) in [6, 6.07) is 0. The van der Waals surface area contributed by atoms with E-state index >= 15 is 0 Å². The summed E-state index contributed by atoms with van der Waals surface area (Å²) in [5.41, 5.74) is 1.97. The Labute approximate surface area is 159 Å². The number of aromatic nitrogens is 2. The second kappa shape index (κ2) is 7.72. The van der Waals surface area contributed by atoms with E-state index in [0.29, 0.717) is 13.1 Å².